The molecular formula is C41H61N3O4. The van der Waals surface area contributed by atoms with Crippen LogP contribution in [0.1, 0.15) is 142 Å². The molecule has 0 spiro atoms. The largest absolute Gasteiger partial charge is 0.469 e. The summed E-state index contributed by atoms with van der Waals surface area (Å²) in [5, 5.41) is 8.46. The topological polar surface area (TPSA) is 90.3 Å². The second-order valence-corrected chi connectivity index (χ2v) is 19.1. The number of rotatable bonds is 5. The minimum Gasteiger partial charge on any atom is -0.469 e. The SMILES string of the molecule is COC(=O)[C@@]1(C)CC[C@]2(C)CC[C@]3(C)C(=CC(=O)[C@@H]4[C@@]5(C)Cc6cn(C(=O)CCCC7CCNCC7)nc6C(C)(C)[C@@H]5CC[C@]43C)[C@H]2C1. The average Bonchev–Trinajstić information content (AvgIpc) is 3.47. The van der Waals surface area contributed by atoms with Crippen molar-refractivity contribution in [2.45, 2.75) is 137 Å². The molecule has 0 radical (unpaired) electrons. The molecule has 1 aromatic heterocycles. The molecule has 6 aliphatic rings. The van der Waals surface area contributed by atoms with Crippen molar-refractivity contribution in [1.82, 2.24) is 15.1 Å². The van der Waals surface area contributed by atoms with Crippen molar-refractivity contribution in [3.63, 3.8) is 0 Å². The molecule has 7 nitrogen and oxygen atoms in total. The van der Waals surface area contributed by atoms with E-state index in [-0.39, 0.29) is 56.6 Å². The maximum Gasteiger partial charge on any atom is 0.311 e. The zero-order valence-electron chi connectivity index (χ0n) is 31.1. The van der Waals surface area contributed by atoms with E-state index in [9.17, 15) is 14.4 Å². The van der Waals surface area contributed by atoms with Crippen molar-refractivity contribution in [3.05, 3.63) is 29.1 Å². The summed E-state index contributed by atoms with van der Waals surface area (Å²) < 4.78 is 6.97. The predicted molar refractivity (Wildman–Crippen MR) is 187 cm³/mol. The van der Waals surface area contributed by atoms with Gasteiger partial charge in [0.2, 0.25) is 5.91 Å². The minimum absolute atomic E-state index is 0.0950. The minimum atomic E-state index is -0.517. The molecule has 1 aromatic rings. The van der Waals surface area contributed by atoms with Gasteiger partial charge in [0.05, 0.1) is 18.2 Å². The smallest absolute Gasteiger partial charge is 0.311 e. The normalized spacial score (nSPS) is 42.0. The van der Waals surface area contributed by atoms with E-state index in [2.05, 4.69) is 59.9 Å². The number of methoxy groups -OCH3 is 1. The van der Waals surface area contributed by atoms with Crippen molar-refractivity contribution >= 4 is 17.7 Å². The average molecular weight is 660 g/mol. The van der Waals surface area contributed by atoms with E-state index in [1.54, 1.807) is 4.68 Å². The number of carbonyl (C=O) groups excluding carboxylic acids is 3. The highest BCUT2D eigenvalue weighted by Crippen LogP contribution is 2.74. The van der Waals surface area contributed by atoms with Crippen LogP contribution in [0.25, 0.3) is 0 Å². The number of nitrogens with zero attached hydrogens (tertiary/aromatic N) is 2. The number of piperidine rings is 1. The molecule has 264 valence electrons. The van der Waals surface area contributed by atoms with E-state index < -0.39 is 5.41 Å². The van der Waals surface area contributed by atoms with Gasteiger partial charge in [-0.2, -0.15) is 5.10 Å². The van der Waals surface area contributed by atoms with Gasteiger partial charge in [-0.3, -0.25) is 14.4 Å². The highest BCUT2D eigenvalue weighted by Gasteiger charge is 2.70. The summed E-state index contributed by atoms with van der Waals surface area (Å²) in [5.74, 6) is 1.38. The van der Waals surface area contributed by atoms with E-state index in [0.29, 0.717) is 12.3 Å². The summed E-state index contributed by atoms with van der Waals surface area (Å²) in [6.07, 6.45) is 16.7. The molecule has 7 rings (SSSR count). The number of ether oxygens (including phenoxy) is 1. The Labute approximate surface area is 288 Å². The first-order chi connectivity index (χ1) is 22.5. The van der Waals surface area contributed by atoms with Gasteiger partial charge in [-0.25, -0.2) is 4.68 Å². The van der Waals surface area contributed by atoms with Crippen LogP contribution in [0.15, 0.2) is 17.8 Å². The van der Waals surface area contributed by atoms with Crippen LogP contribution in [0.4, 0.5) is 0 Å². The Bertz CT molecular complexity index is 1540. The first-order valence-electron chi connectivity index (χ1n) is 19.2. The van der Waals surface area contributed by atoms with Crippen molar-refractivity contribution in [2.75, 3.05) is 20.2 Å². The van der Waals surface area contributed by atoms with Gasteiger partial charge in [-0.15, -0.1) is 0 Å². The Kier molecular flexibility index (Phi) is 8.09. The first kappa shape index (κ1) is 34.2. The quantitative estimate of drug-likeness (QED) is 0.324. The maximum absolute atomic E-state index is 14.9. The fourth-order valence-electron chi connectivity index (χ4n) is 13.0. The summed E-state index contributed by atoms with van der Waals surface area (Å²) in [6.45, 7) is 18.6. The highest BCUT2D eigenvalue weighted by molar-refractivity contribution is 5.96. The monoisotopic (exact) mass is 659 g/mol. The Balaban J connectivity index is 1.20. The van der Waals surface area contributed by atoms with E-state index in [4.69, 9.17) is 9.84 Å². The van der Waals surface area contributed by atoms with Gasteiger partial charge >= 0.3 is 5.97 Å². The summed E-state index contributed by atoms with van der Waals surface area (Å²) in [5.41, 5.74) is 2.32. The van der Waals surface area contributed by atoms with Crippen LogP contribution in [-0.4, -0.2) is 47.6 Å². The van der Waals surface area contributed by atoms with Crippen LogP contribution in [-0.2, 0) is 26.2 Å². The zero-order chi connectivity index (χ0) is 34.5. The lowest BCUT2D eigenvalue weighted by molar-refractivity contribution is -0.174. The third-order valence-electron chi connectivity index (χ3n) is 16.1. The fraction of sp³-hybridized carbons (Fsp3) is 0.805. The number of carbonyl (C=O) groups is 3. The summed E-state index contributed by atoms with van der Waals surface area (Å²) >= 11 is 0. The Morgan fingerprint density at radius 2 is 1.69 bits per heavy atom. The number of hydrogen-bond acceptors (Lipinski definition) is 6. The summed E-state index contributed by atoms with van der Waals surface area (Å²) in [4.78, 5) is 41.4. The molecule has 1 saturated heterocycles. The van der Waals surface area contributed by atoms with Gasteiger partial charge in [0.1, 0.15) is 0 Å². The van der Waals surface area contributed by atoms with E-state index in [0.717, 1.165) is 94.5 Å². The molecule has 48 heavy (non-hydrogen) atoms. The molecular weight excluding hydrogens is 598 g/mol. The molecule has 4 fully saturated rings. The molecule has 0 bridgehead atoms. The van der Waals surface area contributed by atoms with Gasteiger partial charge in [-0.05, 0) is 148 Å². The maximum atomic E-state index is 14.9. The molecule has 3 saturated carbocycles. The van der Waals surface area contributed by atoms with Gasteiger partial charge in [0, 0.05) is 24.0 Å². The van der Waals surface area contributed by atoms with E-state index >= 15 is 0 Å². The molecule has 7 heteroatoms. The summed E-state index contributed by atoms with van der Waals surface area (Å²) in [6, 6.07) is 0. The van der Waals surface area contributed by atoms with Crippen LogP contribution in [0.2, 0.25) is 0 Å². The molecule has 1 aliphatic heterocycles. The van der Waals surface area contributed by atoms with Crippen molar-refractivity contribution < 1.29 is 19.1 Å². The molecule has 8 atom stereocenters. The Morgan fingerprint density at radius 1 is 0.979 bits per heavy atom. The summed E-state index contributed by atoms with van der Waals surface area (Å²) in [7, 11) is 1.51. The number of esters is 1. The number of allylic oxidation sites excluding steroid dienone is 2. The molecule has 2 heterocycles. The van der Waals surface area contributed by atoms with E-state index in [1.165, 1.54) is 25.5 Å². The molecule has 5 aliphatic carbocycles. The van der Waals surface area contributed by atoms with Crippen LogP contribution >= 0.6 is 0 Å². The number of ketones is 1. The third kappa shape index (κ3) is 4.82. The highest BCUT2D eigenvalue weighted by atomic mass is 16.5. The molecule has 1 N–H and O–H groups in total. The van der Waals surface area contributed by atoms with Gasteiger partial charge in [0.25, 0.3) is 0 Å². The van der Waals surface area contributed by atoms with Crippen molar-refractivity contribution in [3.8, 4) is 0 Å². The number of hydrogen-bond donors (Lipinski definition) is 1. The Hall–Kier alpha value is -2.28. The Morgan fingerprint density at radius 3 is 2.40 bits per heavy atom. The van der Waals surface area contributed by atoms with Crippen LogP contribution < -0.4 is 5.32 Å². The second kappa shape index (κ2) is 11.4. The van der Waals surface area contributed by atoms with Crippen molar-refractivity contribution in [2.24, 2.45) is 50.7 Å². The molecule has 0 aromatic carbocycles. The lowest BCUT2D eigenvalue weighted by atomic mass is 9.33. The number of nitrogens with one attached hydrogen (secondary N) is 1. The van der Waals surface area contributed by atoms with Crippen LogP contribution in [0.5, 0.6) is 0 Å². The first-order valence-corrected chi connectivity index (χ1v) is 19.2. The fourth-order valence-corrected chi connectivity index (χ4v) is 13.0. The van der Waals surface area contributed by atoms with E-state index in [1.807, 2.05) is 6.20 Å². The van der Waals surface area contributed by atoms with Crippen LogP contribution in [0, 0.1) is 50.7 Å². The molecule has 0 unspecified atom stereocenters. The van der Waals surface area contributed by atoms with Gasteiger partial charge < -0.3 is 10.1 Å². The second-order valence-electron chi connectivity index (χ2n) is 19.1. The van der Waals surface area contributed by atoms with Crippen LogP contribution in [0.3, 0.4) is 0 Å². The molecule has 0 amide bonds. The number of aromatic nitrogens is 2. The zero-order valence-corrected chi connectivity index (χ0v) is 31.1. The standard InChI is InChI=1S/C41H61N3O4/c1-36(2)31-12-15-41(7)33(30(45)22-28-29-24-38(4,35(47)48-8)17-16-37(29,3)18-19-40(28,41)6)39(31,5)23-27-25-44(43-34(27)36)32(46)11-9-10-26-13-20-42-21-14-26/h22,25-26,29,31,33,42H,9-21,23-24H2,1-8H3/t29-,31+,33-,37-,38+,39+,40-,41-/m1/s1. The lowest BCUT2D eigenvalue weighted by Gasteiger charge is -2.69. The van der Waals surface area contributed by atoms with Gasteiger partial charge in [-0.1, -0.05) is 47.1 Å². The lowest BCUT2D eigenvalue weighted by Crippen LogP contribution is -2.66. The third-order valence-corrected chi connectivity index (χ3v) is 16.1. The van der Waals surface area contributed by atoms with Gasteiger partial charge in [0.15, 0.2) is 5.78 Å². The predicted octanol–water partition coefficient (Wildman–Crippen LogP) is 7.86. The number of fused-ring (bicyclic) bond motifs is 8. The van der Waals surface area contributed by atoms with Crippen molar-refractivity contribution in [1.29, 1.82) is 0 Å².